The zero-order chi connectivity index (χ0) is 27.8. The molecule has 0 saturated carbocycles. The van der Waals surface area contributed by atoms with Gasteiger partial charge in [0.25, 0.3) is 0 Å². The van der Waals surface area contributed by atoms with E-state index in [2.05, 4.69) is 76.4 Å². The maximum absolute atomic E-state index is 14.2. The summed E-state index contributed by atoms with van der Waals surface area (Å²) in [7, 11) is 4.07. The van der Waals surface area contributed by atoms with Crippen molar-refractivity contribution in [3.05, 3.63) is 125 Å². The van der Waals surface area contributed by atoms with Gasteiger partial charge in [-0.3, -0.25) is 0 Å². The molecule has 5 aromatic rings. The van der Waals surface area contributed by atoms with Crippen molar-refractivity contribution < 1.29 is 4.79 Å². The van der Waals surface area contributed by atoms with Gasteiger partial charge in [0.1, 0.15) is 5.82 Å². The van der Waals surface area contributed by atoms with E-state index in [1.165, 1.54) is 0 Å². The average molecular weight is 531 g/mol. The number of carbonyl (C=O) groups is 1. The van der Waals surface area contributed by atoms with E-state index < -0.39 is 0 Å². The van der Waals surface area contributed by atoms with E-state index in [0.29, 0.717) is 6.54 Å². The Labute approximate surface area is 235 Å². The summed E-state index contributed by atoms with van der Waals surface area (Å²) >= 11 is 0. The number of carbonyl (C=O) groups excluding carboxylic acids is 1. The van der Waals surface area contributed by atoms with Gasteiger partial charge in [0.05, 0.1) is 29.7 Å². The number of benzene rings is 3. The minimum absolute atomic E-state index is 0.143. The highest BCUT2D eigenvalue weighted by Crippen LogP contribution is 2.39. The van der Waals surface area contributed by atoms with Crippen LogP contribution in [0.15, 0.2) is 97.2 Å². The number of urea groups is 1. The molecule has 2 aromatic heterocycles. The van der Waals surface area contributed by atoms with E-state index in [-0.39, 0.29) is 12.1 Å². The molecule has 202 valence electrons. The van der Waals surface area contributed by atoms with Crippen molar-refractivity contribution in [1.29, 1.82) is 0 Å². The topological polar surface area (TPSA) is 58.3 Å². The summed E-state index contributed by atoms with van der Waals surface area (Å²) in [6, 6.07) is 30.4. The molecule has 0 spiro atoms. The van der Waals surface area contributed by atoms with E-state index in [1.807, 2.05) is 73.1 Å². The summed E-state index contributed by atoms with van der Waals surface area (Å²) in [5.41, 5.74) is 8.01. The highest BCUT2D eigenvalue weighted by Gasteiger charge is 2.36. The van der Waals surface area contributed by atoms with Crippen LogP contribution in [0.1, 0.15) is 41.0 Å². The fourth-order valence-electron chi connectivity index (χ4n) is 5.59. The highest BCUT2D eigenvalue weighted by molar-refractivity contribution is 5.91. The molecule has 40 heavy (non-hydrogen) atoms. The number of nitrogens with one attached hydrogen (secondary N) is 1. The van der Waals surface area contributed by atoms with Crippen molar-refractivity contribution in [2.45, 2.75) is 32.9 Å². The number of anilines is 2. The zero-order valence-corrected chi connectivity index (χ0v) is 23.4. The summed E-state index contributed by atoms with van der Waals surface area (Å²) in [6.45, 7) is 4.54. The maximum atomic E-state index is 14.2. The van der Waals surface area contributed by atoms with Crippen LogP contribution in [0.5, 0.6) is 0 Å². The molecule has 6 rings (SSSR count). The van der Waals surface area contributed by atoms with Gasteiger partial charge in [-0.05, 0) is 66.9 Å². The number of aromatic nitrogens is 3. The van der Waals surface area contributed by atoms with Gasteiger partial charge in [0, 0.05) is 37.2 Å². The first kappa shape index (κ1) is 25.5. The molecule has 0 bridgehead atoms. The lowest BCUT2D eigenvalue weighted by molar-refractivity contribution is 0.194. The quantitative estimate of drug-likeness (QED) is 0.274. The molecule has 1 aliphatic rings. The SMILES string of the molecule is CCc1ccccc1NC(=O)N1Cc2c(C)nn(-c3ccccc3)c2-n2cccc2C1c1ccc(N(C)C)cc1. The van der Waals surface area contributed by atoms with Crippen LogP contribution < -0.4 is 10.2 Å². The van der Waals surface area contributed by atoms with E-state index in [4.69, 9.17) is 5.10 Å². The molecule has 3 aromatic carbocycles. The number of fused-ring (bicyclic) bond motifs is 3. The second-order valence-electron chi connectivity index (χ2n) is 10.4. The highest BCUT2D eigenvalue weighted by atomic mass is 16.2. The van der Waals surface area contributed by atoms with E-state index in [9.17, 15) is 4.79 Å². The maximum Gasteiger partial charge on any atom is 0.322 e. The Balaban J connectivity index is 1.52. The summed E-state index contributed by atoms with van der Waals surface area (Å²) in [4.78, 5) is 18.3. The fraction of sp³-hybridized carbons (Fsp3) is 0.212. The average Bonchev–Trinajstić information content (AvgIpc) is 3.54. The molecule has 1 atom stereocenters. The van der Waals surface area contributed by atoms with Crippen LogP contribution in [0.4, 0.5) is 16.2 Å². The molecule has 7 nitrogen and oxygen atoms in total. The van der Waals surface area contributed by atoms with Crippen molar-refractivity contribution in [2.75, 3.05) is 24.3 Å². The molecule has 1 aliphatic heterocycles. The van der Waals surface area contributed by atoms with Crippen molar-refractivity contribution in [3.8, 4) is 11.5 Å². The molecule has 0 radical (unpaired) electrons. The second kappa shape index (κ2) is 10.4. The van der Waals surface area contributed by atoms with Crippen molar-refractivity contribution in [1.82, 2.24) is 19.2 Å². The minimum Gasteiger partial charge on any atom is -0.378 e. The molecule has 0 saturated heterocycles. The monoisotopic (exact) mass is 530 g/mol. The van der Waals surface area contributed by atoms with Crippen LogP contribution in [-0.4, -0.2) is 39.4 Å². The van der Waals surface area contributed by atoms with E-state index >= 15 is 0 Å². The largest absolute Gasteiger partial charge is 0.378 e. The molecule has 0 fully saturated rings. The third-order valence-electron chi connectivity index (χ3n) is 7.71. The first-order valence-electron chi connectivity index (χ1n) is 13.7. The van der Waals surface area contributed by atoms with Crippen molar-refractivity contribution >= 4 is 17.4 Å². The third kappa shape index (κ3) is 4.43. The molecule has 2 amide bonds. The van der Waals surface area contributed by atoms with Crippen LogP contribution in [-0.2, 0) is 13.0 Å². The lowest BCUT2D eigenvalue weighted by Crippen LogP contribution is -2.38. The standard InChI is InChI=1S/C33H34N6O/c1-5-24-12-9-10-15-29(24)34-33(40)38-22-28-23(2)35-39(27-13-7-6-8-14-27)32(28)37-21-11-16-30(37)31(38)25-17-19-26(20-18-25)36(3)4/h6-21,31H,5,22H2,1-4H3,(H,34,40). The Morgan fingerprint density at radius 1 is 0.950 bits per heavy atom. The van der Waals surface area contributed by atoms with Gasteiger partial charge in [0.2, 0.25) is 0 Å². The molecular formula is C33H34N6O. The van der Waals surface area contributed by atoms with Crippen molar-refractivity contribution in [3.63, 3.8) is 0 Å². The van der Waals surface area contributed by atoms with Crippen LogP contribution in [0.3, 0.4) is 0 Å². The normalized spacial score (nSPS) is 14.3. The zero-order valence-electron chi connectivity index (χ0n) is 23.4. The number of aryl methyl sites for hydroxylation is 2. The predicted molar refractivity (Wildman–Crippen MR) is 161 cm³/mol. The Kier molecular flexibility index (Phi) is 6.64. The summed E-state index contributed by atoms with van der Waals surface area (Å²) in [5.74, 6) is 0.961. The molecule has 1 N–H and O–H groups in total. The predicted octanol–water partition coefficient (Wildman–Crippen LogP) is 6.74. The number of nitrogens with zero attached hydrogens (tertiary/aromatic N) is 5. The first-order chi connectivity index (χ1) is 19.5. The number of para-hydroxylation sites is 2. The van der Waals surface area contributed by atoms with Gasteiger partial charge in [-0.15, -0.1) is 0 Å². The van der Waals surface area contributed by atoms with Gasteiger partial charge >= 0.3 is 6.03 Å². The number of amides is 2. The molecule has 7 heteroatoms. The lowest BCUT2D eigenvalue weighted by atomic mass is 10.0. The van der Waals surface area contributed by atoms with E-state index in [0.717, 1.165) is 57.4 Å². The van der Waals surface area contributed by atoms with Gasteiger partial charge in [-0.1, -0.05) is 55.5 Å². The Morgan fingerprint density at radius 3 is 2.40 bits per heavy atom. The van der Waals surface area contributed by atoms with E-state index in [1.54, 1.807) is 0 Å². The molecule has 0 aliphatic carbocycles. The van der Waals surface area contributed by atoms with Crippen molar-refractivity contribution in [2.24, 2.45) is 0 Å². The van der Waals surface area contributed by atoms with Gasteiger partial charge < -0.3 is 19.7 Å². The Hall–Kier alpha value is -4.78. The van der Waals surface area contributed by atoms with Crippen LogP contribution in [0.2, 0.25) is 0 Å². The fourth-order valence-corrected chi connectivity index (χ4v) is 5.59. The minimum atomic E-state index is -0.309. The number of rotatable bonds is 5. The molecule has 3 heterocycles. The Morgan fingerprint density at radius 2 is 1.68 bits per heavy atom. The van der Waals surface area contributed by atoms with Gasteiger partial charge in [-0.25, -0.2) is 9.48 Å². The first-order valence-corrected chi connectivity index (χ1v) is 13.7. The number of hydrogen-bond acceptors (Lipinski definition) is 3. The lowest BCUT2D eigenvalue weighted by Gasteiger charge is -2.31. The summed E-state index contributed by atoms with van der Waals surface area (Å²) in [6.07, 6.45) is 2.91. The number of hydrogen-bond donors (Lipinski definition) is 1. The molecular weight excluding hydrogens is 496 g/mol. The summed E-state index contributed by atoms with van der Waals surface area (Å²) in [5, 5.41) is 8.19. The van der Waals surface area contributed by atoms with Crippen LogP contribution in [0.25, 0.3) is 11.5 Å². The van der Waals surface area contributed by atoms with Crippen LogP contribution in [0, 0.1) is 6.92 Å². The second-order valence-corrected chi connectivity index (χ2v) is 10.4. The molecule has 1 unspecified atom stereocenters. The summed E-state index contributed by atoms with van der Waals surface area (Å²) < 4.78 is 4.19. The Bertz CT molecular complexity index is 1650. The van der Waals surface area contributed by atoms with Gasteiger partial charge in [-0.2, -0.15) is 5.10 Å². The van der Waals surface area contributed by atoms with Crippen LogP contribution >= 0.6 is 0 Å². The smallest absolute Gasteiger partial charge is 0.322 e. The third-order valence-corrected chi connectivity index (χ3v) is 7.71. The van der Waals surface area contributed by atoms with Gasteiger partial charge in [0.15, 0.2) is 0 Å².